The van der Waals surface area contributed by atoms with Gasteiger partial charge in [-0.3, -0.25) is 43.5 Å². The van der Waals surface area contributed by atoms with Gasteiger partial charge in [-0.25, -0.2) is 0 Å². The predicted molar refractivity (Wildman–Crippen MR) is 308 cm³/mol. The molecular formula is C62H72N6O14. The van der Waals surface area contributed by atoms with Crippen molar-refractivity contribution in [3.8, 4) is 0 Å². The summed E-state index contributed by atoms with van der Waals surface area (Å²) in [7, 11) is 0. The summed E-state index contributed by atoms with van der Waals surface area (Å²) < 4.78 is 45.2. The van der Waals surface area contributed by atoms with Crippen LogP contribution in [0, 0.1) is 0 Å². The lowest BCUT2D eigenvalue weighted by Crippen LogP contribution is -2.42. The summed E-state index contributed by atoms with van der Waals surface area (Å²) >= 11 is 0. The second-order valence-electron chi connectivity index (χ2n) is 19.8. The van der Waals surface area contributed by atoms with E-state index in [4.69, 9.17) is 49.4 Å². The average Bonchev–Trinajstić information content (AvgIpc) is 3.51. The summed E-state index contributed by atoms with van der Waals surface area (Å²) in [5.41, 5.74) is 16.6. The molecule has 20 heteroatoms. The van der Waals surface area contributed by atoms with Crippen molar-refractivity contribution in [2.24, 2.45) is 11.5 Å². The van der Waals surface area contributed by atoms with Gasteiger partial charge in [-0.15, -0.1) is 0 Å². The van der Waals surface area contributed by atoms with Crippen LogP contribution in [0.15, 0.2) is 91.0 Å². The number of imide groups is 3. The van der Waals surface area contributed by atoms with Crippen LogP contribution in [0.3, 0.4) is 0 Å². The molecule has 0 bridgehead atoms. The Labute approximate surface area is 476 Å². The van der Waals surface area contributed by atoms with Crippen molar-refractivity contribution in [2.45, 2.75) is 25.7 Å². The highest BCUT2D eigenvalue weighted by Gasteiger charge is 2.36. The minimum Gasteiger partial charge on any atom is -0.382 e. The van der Waals surface area contributed by atoms with Crippen molar-refractivity contribution >= 4 is 73.4 Å². The Kier molecular flexibility index (Phi) is 21.6. The molecule has 0 saturated heterocycles. The van der Waals surface area contributed by atoms with Crippen molar-refractivity contribution in [1.82, 2.24) is 14.7 Å². The average molecular weight is 1130 g/mol. The summed E-state index contributed by atoms with van der Waals surface area (Å²) in [5, 5.41) is 7.87. The van der Waals surface area contributed by atoms with Gasteiger partial charge in [0.05, 0.1) is 112 Å². The fourth-order valence-electron chi connectivity index (χ4n) is 10.7. The number of nitrogens with zero attached hydrogens (tertiary/aromatic N) is 3. The number of hydrogen-bond donors (Lipinski definition) is 3. The van der Waals surface area contributed by atoms with E-state index < -0.39 is 11.8 Å². The molecule has 82 heavy (non-hydrogen) atoms. The van der Waals surface area contributed by atoms with Gasteiger partial charge >= 0.3 is 0 Å². The van der Waals surface area contributed by atoms with E-state index in [-0.39, 0.29) is 76.3 Å². The number of aryl methyl sites for hydroxylation is 2. The van der Waals surface area contributed by atoms with E-state index >= 15 is 0 Å². The molecule has 20 nitrogen and oxygen atoms in total. The van der Waals surface area contributed by atoms with Gasteiger partial charge in [-0.05, 0) is 90.0 Å². The van der Waals surface area contributed by atoms with Gasteiger partial charge in [0.1, 0.15) is 0 Å². The SMILES string of the molecule is NCCOCCOCCCc1ccc2c3c(cccc13)C(=O)N(CCOCCOCCN1C(=O)c3cccc4c(NCCOCCOCCCc5ccc6c7c(cccc57)C(=O)N(CCOCCOCCN)C6=O)ccc(c34)C1=O)C2=O. The number of amides is 6. The van der Waals surface area contributed by atoms with E-state index in [1.807, 2.05) is 48.5 Å². The maximum absolute atomic E-state index is 13.7. The summed E-state index contributed by atoms with van der Waals surface area (Å²) in [5.74, 6) is -2.20. The van der Waals surface area contributed by atoms with E-state index in [1.54, 1.807) is 42.5 Å². The second-order valence-corrected chi connectivity index (χ2v) is 19.8. The van der Waals surface area contributed by atoms with E-state index in [2.05, 4.69) is 5.32 Å². The number of nitrogens with two attached hydrogens (primary N) is 2. The van der Waals surface area contributed by atoms with Crippen molar-refractivity contribution in [2.75, 3.05) is 150 Å². The minimum atomic E-state index is -0.404. The van der Waals surface area contributed by atoms with Crippen molar-refractivity contribution in [3.63, 3.8) is 0 Å². The Morgan fingerprint density at radius 3 is 1.04 bits per heavy atom. The van der Waals surface area contributed by atoms with E-state index in [0.29, 0.717) is 148 Å². The van der Waals surface area contributed by atoms with Crippen molar-refractivity contribution in [3.05, 3.63) is 136 Å². The number of hydrogen-bond acceptors (Lipinski definition) is 17. The van der Waals surface area contributed by atoms with Crippen LogP contribution in [0.1, 0.15) is 86.1 Å². The van der Waals surface area contributed by atoms with Gasteiger partial charge in [-0.1, -0.05) is 48.5 Å². The van der Waals surface area contributed by atoms with Crippen LogP contribution in [0.2, 0.25) is 0 Å². The molecule has 0 saturated carbocycles. The first kappa shape index (κ1) is 59.5. The Morgan fingerprint density at radius 1 is 0.329 bits per heavy atom. The van der Waals surface area contributed by atoms with Crippen LogP contribution in [0.5, 0.6) is 0 Å². The van der Waals surface area contributed by atoms with Gasteiger partial charge < -0.3 is 54.7 Å². The topological polar surface area (TPSA) is 250 Å². The number of carbonyl (C=O) groups is 6. The third-order valence-electron chi connectivity index (χ3n) is 14.6. The zero-order valence-electron chi connectivity index (χ0n) is 46.3. The summed E-state index contributed by atoms with van der Waals surface area (Å²) in [4.78, 5) is 85.2. The first-order valence-electron chi connectivity index (χ1n) is 28.2. The lowest BCUT2D eigenvalue weighted by molar-refractivity contribution is 0.0264. The van der Waals surface area contributed by atoms with Crippen LogP contribution in [-0.4, -0.2) is 195 Å². The van der Waals surface area contributed by atoms with E-state index in [9.17, 15) is 28.8 Å². The molecule has 0 aromatic heterocycles. The molecule has 0 aliphatic carbocycles. The largest absolute Gasteiger partial charge is 0.382 e. The van der Waals surface area contributed by atoms with Crippen LogP contribution in [-0.2, 0) is 50.7 Å². The molecule has 0 unspecified atom stereocenters. The molecule has 434 valence electrons. The number of carbonyl (C=O) groups excluding carboxylic acids is 6. The zero-order chi connectivity index (χ0) is 57.2. The summed E-state index contributed by atoms with van der Waals surface area (Å²) in [6.07, 6.45) is 2.94. The first-order chi connectivity index (χ1) is 40.2. The molecule has 0 atom stereocenters. The Bertz CT molecular complexity index is 3190. The van der Waals surface area contributed by atoms with Gasteiger partial charge in [0, 0.05) is 93.5 Å². The van der Waals surface area contributed by atoms with E-state index in [0.717, 1.165) is 52.2 Å². The highest BCUT2D eigenvalue weighted by Crippen LogP contribution is 2.36. The number of nitrogens with one attached hydrogen (secondary N) is 1. The lowest BCUT2D eigenvalue weighted by Gasteiger charge is -2.28. The zero-order valence-corrected chi connectivity index (χ0v) is 46.3. The predicted octanol–water partition coefficient (Wildman–Crippen LogP) is 5.66. The summed E-state index contributed by atoms with van der Waals surface area (Å²) in [6, 6.07) is 27.6. The Hall–Kier alpha value is -7.08. The molecule has 9 rings (SSSR count). The summed E-state index contributed by atoms with van der Waals surface area (Å²) in [6.45, 7) is 7.32. The molecule has 3 aliphatic heterocycles. The monoisotopic (exact) mass is 1120 g/mol. The molecule has 0 radical (unpaired) electrons. The second kappa shape index (κ2) is 29.8. The number of ether oxygens (including phenoxy) is 8. The number of anilines is 1. The molecule has 6 amide bonds. The molecule has 6 aromatic rings. The molecule has 0 fully saturated rings. The standard InChI is InChI=1S/C62H72N6O14/c63-20-28-77-36-34-75-26-4-6-42-14-16-51-54-44(42)8-1-12-48(54)58(70)67(61(51)73)24-32-81-40-41-82-33-25-68-59(71)49-13-3-10-46-53(19-18-52(56(46)49)62(68)74)65-22-30-79-38-35-76-27-5-7-43-15-17-50-55-45(43)9-2-11-47(55)57(69)66(60(50)72)23-31-80-39-37-78-29-21-64/h1-3,8-19,65H,4-7,20-41,63-64H2. The van der Waals surface area contributed by atoms with Gasteiger partial charge in [0.25, 0.3) is 35.4 Å². The quantitative estimate of drug-likeness (QED) is 0.0314. The third-order valence-corrected chi connectivity index (χ3v) is 14.6. The molecule has 0 spiro atoms. The maximum atomic E-state index is 13.7. The van der Waals surface area contributed by atoms with Crippen molar-refractivity contribution in [1.29, 1.82) is 0 Å². The smallest absolute Gasteiger partial charge is 0.261 e. The van der Waals surface area contributed by atoms with Crippen LogP contribution in [0.25, 0.3) is 32.3 Å². The van der Waals surface area contributed by atoms with Gasteiger partial charge in [0.2, 0.25) is 0 Å². The fraction of sp³-hybridized carbons (Fsp3) is 0.419. The Balaban J connectivity index is 0.649. The normalized spacial score (nSPS) is 14.0. The number of rotatable bonds is 37. The van der Waals surface area contributed by atoms with Gasteiger partial charge in [-0.2, -0.15) is 0 Å². The Morgan fingerprint density at radius 2 is 0.646 bits per heavy atom. The molecule has 3 aliphatic rings. The minimum absolute atomic E-state index is 0.0418. The van der Waals surface area contributed by atoms with Crippen LogP contribution >= 0.6 is 0 Å². The maximum Gasteiger partial charge on any atom is 0.261 e. The molecule has 6 aromatic carbocycles. The fourth-order valence-corrected chi connectivity index (χ4v) is 10.7. The highest BCUT2D eigenvalue weighted by atomic mass is 16.5. The van der Waals surface area contributed by atoms with Gasteiger partial charge in [0.15, 0.2) is 0 Å². The third kappa shape index (κ3) is 13.9. The molecular weight excluding hydrogens is 1050 g/mol. The highest BCUT2D eigenvalue weighted by molar-refractivity contribution is 6.28. The molecule has 3 heterocycles. The van der Waals surface area contributed by atoms with E-state index in [1.165, 1.54) is 14.7 Å². The molecule has 5 N–H and O–H groups in total. The lowest BCUT2D eigenvalue weighted by atomic mass is 9.90. The van der Waals surface area contributed by atoms with Crippen molar-refractivity contribution < 1.29 is 66.7 Å². The first-order valence-corrected chi connectivity index (χ1v) is 28.2. The number of benzene rings is 6. The van der Waals surface area contributed by atoms with Crippen LogP contribution < -0.4 is 16.8 Å². The van der Waals surface area contributed by atoms with Crippen LogP contribution in [0.4, 0.5) is 5.69 Å².